The molecule has 2 unspecified atom stereocenters. The Bertz CT molecular complexity index is 760. The normalized spacial score (nSPS) is 24.4. The number of pyridine rings is 1. The molecule has 2 atom stereocenters. The van der Waals surface area contributed by atoms with Gasteiger partial charge in [0.1, 0.15) is 5.65 Å². The largest absolute Gasteiger partial charge is 0.310 e. The molecule has 2 aromatic heterocycles. The smallest absolute Gasteiger partial charge is 0.258 e. The van der Waals surface area contributed by atoms with Crippen molar-refractivity contribution in [1.29, 1.82) is 0 Å². The molecule has 2 saturated heterocycles. The molecule has 2 aliphatic rings. The van der Waals surface area contributed by atoms with Gasteiger partial charge < -0.3 is 5.32 Å². The summed E-state index contributed by atoms with van der Waals surface area (Å²) in [6, 6.07) is 6.90. The van der Waals surface area contributed by atoms with Crippen molar-refractivity contribution in [2.24, 2.45) is 0 Å². The third kappa shape index (κ3) is 3.42. The average molecular weight is 335 g/mol. The van der Waals surface area contributed by atoms with Gasteiger partial charge >= 0.3 is 0 Å². The maximum Gasteiger partial charge on any atom is 0.258 e. The average Bonchev–Trinajstić information content (AvgIpc) is 2.83. The van der Waals surface area contributed by atoms with Crippen LogP contribution in [0.25, 0.3) is 5.65 Å². The van der Waals surface area contributed by atoms with Gasteiger partial charge in [0, 0.05) is 44.0 Å². The number of likely N-dealkylation sites (tertiary alicyclic amines) is 1. The van der Waals surface area contributed by atoms with E-state index in [0.29, 0.717) is 12.1 Å². The fourth-order valence-electron chi connectivity index (χ4n) is 3.73. The van der Waals surface area contributed by atoms with E-state index in [-0.39, 0.29) is 18.0 Å². The van der Waals surface area contributed by atoms with E-state index in [1.54, 1.807) is 10.5 Å². The van der Waals surface area contributed by atoms with Gasteiger partial charge in [0.15, 0.2) is 0 Å². The summed E-state index contributed by atoms with van der Waals surface area (Å²) in [4.78, 5) is 19.4. The molecule has 23 heavy (non-hydrogen) atoms. The Balaban J connectivity index is 0.00000156. The second-order valence-electron chi connectivity index (χ2n) is 6.68. The number of rotatable bonds is 2. The van der Waals surface area contributed by atoms with E-state index in [1.807, 2.05) is 25.3 Å². The highest BCUT2D eigenvalue weighted by molar-refractivity contribution is 5.85. The maximum absolute atomic E-state index is 12.3. The lowest BCUT2D eigenvalue weighted by molar-refractivity contribution is 0.248. The Kier molecular flexibility index (Phi) is 4.71. The zero-order chi connectivity index (χ0) is 15.1. The fraction of sp³-hybridized carbons (Fsp3) is 0.529. The van der Waals surface area contributed by atoms with Crippen molar-refractivity contribution in [3.63, 3.8) is 0 Å². The summed E-state index contributed by atoms with van der Waals surface area (Å²) in [7, 11) is 0. The third-order valence-corrected chi connectivity index (χ3v) is 4.85. The molecule has 2 bridgehead atoms. The summed E-state index contributed by atoms with van der Waals surface area (Å²) in [5.74, 6) is 0. The maximum atomic E-state index is 12.3. The van der Waals surface area contributed by atoms with E-state index >= 15 is 0 Å². The van der Waals surface area contributed by atoms with Gasteiger partial charge in [-0.05, 0) is 37.8 Å². The van der Waals surface area contributed by atoms with Crippen LogP contribution in [0.3, 0.4) is 0 Å². The predicted octanol–water partition coefficient (Wildman–Crippen LogP) is 1.75. The van der Waals surface area contributed by atoms with Crippen molar-refractivity contribution in [2.45, 2.75) is 44.8 Å². The molecule has 0 aromatic carbocycles. The molecule has 0 spiro atoms. The van der Waals surface area contributed by atoms with Crippen LogP contribution in [0.15, 0.2) is 29.2 Å². The minimum atomic E-state index is 0. The number of fused-ring (bicyclic) bond motifs is 3. The second-order valence-corrected chi connectivity index (χ2v) is 6.68. The van der Waals surface area contributed by atoms with E-state index in [9.17, 15) is 4.79 Å². The van der Waals surface area contributed by atoms with E-state index in [2.05, 4.69) is 15.2 Å². The number of nitrogens with zero attached hydrogens (tertiary/aromatic N) is 3. The molecular formula is C17H23ClN4O. The van der Waals surface area contributed by atoms with Crippen molar-refractivity contribution >= 4 is 18.1 Å². The summed E-state index contributed by atoms with van der Waals surface area (Å²) < 4.78 is 1.63. The lowest BCUT2D eigenvalue weighted by Gasteiger charge is -2.23. The molecule has 0 amide bonds. The van der Waals surface area contributed by atoms with E-state index < -0.39 is 0 Å². The number of hydrogen-bond donors (Lipinski definition) is 1. The fourth-order valence-corrected chi connectivity index (χ4v) is 3.73. The van der Waals surface area contributed by atoms with Crippen molar-refractivity contribution in [1.82, 2.24) is 19.6 Å². The van der Waals surface area contributed by atoms with Crippen molar-refractivity contribution < 1.29 is 0 Å². The van der Waals surface area contributed by atoms with Crippen LogP contribution in [0.2, 0.25) is 0 Å². The minimum absolute atomic E-state index is 0. The number of nitrogens with one attached hydrogen (secondary N) is 1. The Hall–Kier alpha value is -1.43. The monoisotopic (exact) mass is 334 g/mol. The zero-order valence-electron chi connectivity index (χ0n) is 13.4. The van der Waals surface area contributed by atoms with Crippen LogP contribution in [0.5, 0.6) is 0 Å². The van der Waals surface area contributed by atoms with Gasteiger partial charge in [0.2, 0.25) is 0 Å². The van der Waals surface area contributed by atoms with Gasteiger partial charge in [0.05, 0.1) is 5.69 Å². The van der Waals surface area contributed by atoms with Crippen LogP contribution >= 0.6 is 12.4 Å². The molecule has 0 radical (unpaired) electrons. The van der Waals surface area contributed by atoms with Crippen LogP contribution in [0.4, 0.5) is 0 Å². The van der Waals surface area contributed by atoms with Gasteiger partial charge in [-0.1, -0.05) is 6.07 Å². The number of halogens is 1. The molecule has 5 nitrogen and oxygen atoms in total. The molecule has 4 heterocycles. The quantitative estimate of drug-likeness (QED) is 0.909. The summed E-state index contributed by atoms with van der Waals surface area (Å²) in [5, 5.41) is 3.69. The van der Waals surface area contributed by atoms with Crippen LogP contribution in [0.1, 0.15) is 30.5 Å². The van der Waals surface area contributed by atoms with Crippen LogP contribution in [0, 0.1) is 6.92 Å². The summed E-state index contributed by atoms with van der Waals surface area (Å²) in [6.07, 6.45) is 5.63. The lowest BCUT2D eigenvalue weighted by Crippen LogP contribution is -2.35. The summed E-state index contributed by atoms with van der Waals surface area (Å²) in [5.41, 5.74) is 2.70. The number of aryl methyl sites for hydroxylation is 1. The topological polar surface area (TPSA) is 49.6 Å². The zero-order valence-corrected chi connectivity index (χ0v) is 14.2. The molecule has 124 valence electrons. The molecule has 2 aliphatic heterocycles. The molecule has 1 N–H and O–H groups in total. The predicted molar refractivity (Wildman–Crippen MR) is 93.3 cm³/mol. The highest BCUT2D eigenvalue weighted by Gasteiger charge is 2.29. The Labute approximate surface area is 142 Å². The standard InChI is InChI=1S/C17H22N4O.ClH/c1-12-2-5-16-19-15(8-17(22)21(16)9-12)11-20-7-6-13-3-4-14(10-20)18-13;/h2,5,8-9,13-14,18H,3-4,6-7,10-11H2,1H3;1H. The minimum Gasteiger partial charge on any atom is -0.310 e. The van der Waals surface area contributed by atoms with Crippen molar-refractivity contribution in [3.8, 4) is 0 Å². The highest BCUT2D eigenvalue weighted by Crippen LogP contribution is 2.21. The lowest BCUT2D eigenvalue weighted by atomic mass is 10.1. The molecule has 0 saturated carbocycles. The first-order valence-corrected chi connectivity index (χ1v) is 8.15. The van der Waals surface area contributed by atoms with Gasteiger partial charge in [-0.2, -0.15) is 0 Å². The van der Waals surface area contributed by atoms with Gasteiger partial charge in [0.25, 0.3) is 5.56 Å². The molecule has 0 aliphatic carbocycles. The third-order valence-electron chi connectivity index (χ3n) is 4.85. The molecule has 6 heteroatoms. The summed E-state index contributed by atoms with van der Waals surface area (Å²) >= 11 is 0. The van der Waals surface area contributed by atoms with E-state index in [0.717, 1.165) is 36.5 Å². The second kappa shape index (κ2) is 6.59. The van der Waals surface area contributed by atoms with Crippen molar-refractivity contribution in [2.75, 3.05) is 13.1 Å². The van der Waals surface area contributed by atoms with Crippen LogP contribution in [-0.4, -0.2) is 39.5 Å². The van der Waals surface area contributed by atoms with Gasteiger partial charge in [-0.3, -0.25) is 14.1 Å². The number of hydrogen-bond acceptors (Lipinski definition) is 4. The van der Waals surface area contributed by atoms with E-state index in [4.69, 9.17) is 0 Å². The molecule has 2 fully saturated rings. The van der Waals surface area contributed by atoms with Crippen molar-refractivity contribution in [3.05, 3.63) is 46.0 Å². The summed E-state index contributed by atoms with van der Waals surface area (Å²) in [6.45, 7) is 4.90. The Morgan fingerprint density at radius 3 is 2.96 bits per heavy atom. The molecular weight excluding hydrogens is 312 g/mol. The van der Waals surface area contributed by atoms with Crippen LogP contribution < -0.4 is 10.9 Å². The first-order chi connectivity index (χ1) is 10.7. The number of aromatic nitrogens is 2. The SMILES string of the molecule is Cc1ccc2nc(CN3CCC4CCC(C3)N4)cc(=O)n2c1.Cl. The molecule has 4 rings (SSSR count). The van der Waals surface area contributed by atoms with Gasteiger partial charge in [-0.15, -0.1) is 12.4 Å². The van der Waals surface area contributed by atoms with Gasteiger partial charge in [-0.25, -0.2) is 4.98 Å². The molecule has 2 aromatic rings. The highest BCUT2D eigenvalue weighted by atomic mass is 35.5. The first kappa shape index (κ1) is 16.4. The van der Waals surface area contributed by atoms with Crippen LogP contribution in [-0.2, 0) is 6.54 Å². The Morgan fingerprint density at radius 2 is 2.09 bits per heavy atom. The Morgan fingerprint density at radius 1 is 1.26 bits per heavy atom. The first-order valence-electron chi connectivity index (χ1n) is 8.15. The van der Waals surface area contributed by atoms with E-state index in [1.165, 1.54) is 19.3 Å².